The zero-order valence-corrected chi connectivity index (χ0v) is 30.4. The third-order valence-electron chi connectivity index (χ3n) is 9.26. The molecule has 0 aliphatic carbocycles. The molecule has 0 aliphatic rings. The van der Waals surface area contributed by atoms with Crippen molar-refractivity contribution in [3.8, 4) is 0 Å². The van der Waals surface area contributed by atoms with Crippen molar-refractivity contribution >= 4 is 11.9 Å². The molecule has 0 aromatic rings. The molecule has 266 valence electrons. The van der Waals surface area contributed by atoms with Crippen LogP contribution in [0.25, 0.3) is 0 Å². The molecular formula is C41H78O4. The van der Waals surface area contributed by atoms with Gasteiger partial charge in [0, 0.05) is 6.42 Å². The van der Waals surface area contributed by atoms with E-state index < -0.39 is 12.1 Å². The Bertz CT molecular complexity index is 643. The molecule has 0 fully saturated rings. The third kappa shape index (κ3) is 35.4. The van der Waals surface area contributed by atoms with Crippen LogP contribution in [0.1, 0.15) is 232 Å². The monoisotopic (exact) mass is 635 g/mol. The lowest BCUT2D eigenvalue weighted by Crippen LogP contribution is -2.27. The van der Waals surface area contributed by atoms with Crippen molar-refractivity contribution in [2.45, 2.75) is 238 Å². The van der Waals surface area contributed by atoms with Gasteiger partial charge in [0.15, 0.2) is 6.10 Å². The molecule has 0 aromatic heterocycles. The largest absolute Gasteiger partial charge is 0.479 e. The fraction of sp³-hybridized carbons (Fsp3) is 0.902. The maximum atomic E-state index is 12.2. The van der Waals surface area contributed by atoms with Crippen molar-refractivity contribution in [1.29, 1.82) is 0 Å². The van der Waals surface area contributed by atoms with E-state index in [-0.39, 0.29) is 5.97 Å². The Hall–Kier alpha value is -1.32. The van der Waals surface area contributed by atoms with Crippen molar-refractivity contribution in [1.82, 2.24) is 0 Å². The number of carbonyl (C=O) groups excluding carboxylic acids is 1. The molecule has 1 atom stereocenters. The first-order valence-electron chi connectivity index (χ1n) is 20.2. The van der Waals surface area contributed by atoms with Crippen LogP contribution >= 0.6 is 0 Å². The Morgan fingerprint density at radius 1 is 0.467 bits per heavy atom. The molecule has 0 radical (unpaired) electrons. The SMILES string of the molecule is CCCCCCCC/C=C\CCCCCCCCC(=O)OC(CCCCCCCCCCCCCCCCCCCC)C(=O)O. The first kappa shape index (κ1) is 43.7. The zero-order chi connectivity index (χ0) is 32.9. The van der Waals surface area contributed by atoms with Crippen LogP contribution in [0.5, 0.6) is 0 Å². The number of carbonyl (C=O) groups is 2. The second kappa shape index (κ2) is 37.1. The summed E-state index contributed by atoms with van der Waals surface area (Å²) in [5.74, 6) is -1.35. The smallest absolute Gasteiger partial charge is 0.345 e. The molecule has 0 bridgehead atoms. The highest BCUT2D eigenvalue weighted by Crippen LogP contribution is 2.16. The van der Waals surface area contributed by atoms with Gasteiger partial charge in [0.2, 0.25) is 0 Å². The van der Waals surface area contributed by atoms with Gasteiger partial charge in [-0.2, -0.15) is 0 Å². The molecular weight excluding hydrogens is 556 g/mol. The van der Waals surface area contributed by atoms with Crippen LogP contribution in [0.4, 0.5) is 0 Å². The van der Waals surface area contributed by atoms with Crippen molar-refractivity contribution < 1.29 is 19.4 Å². The van der Waals surface area contributed by atoms with E-state index in [9.17, 15) is 14.7 Å². The van der Waals surface area contributed by atoms with Gasteiger partial charge in [0.05, 0.1) is 0 Å². The quantitative estimate of drug-likeness (QED) is 0.0419. The minimum absolute atomic E-state index is 0.337. The number of hydrogen-bond donors (Lipinski definition) is 1. The predicted molar refractivity (Wildman–Crippen MR) is 195 cm³/mol. The first-order valence-corrected chi connectivity index (χ1v) is 20.2. The Morgan fingerprint density at radius 2 is 0.778 bits per heavy atom. The minimum Gasteiger partial charge on any atom is -0.479 e. The standard InChI is InChI=1S/C41H78O4/c1-3-5-7-9-11-13-15-17-19-21-22-23-25-27-29-31-33-35-37-39(41(43)44)45-40(42)38-36-34-32-30-28-26-24-20-18-16-14-12-10-8-6-4-2/h18,20,39H,3-17,19,21-38H2,1-2H3,(H,43,44)/b20-18-. The van der Waals surface area contributed by atoms with E-state index >= 15 is 0 Å². The van der Waals surface area contributed by atoms with Gasteiger partial charge in [0.1, 0.15) is 0 Å². The average molecular weight is 635 g/mol. The lowest BCUT2D eigenvalue weighted by atomic mass is 10.0. The zero-order valence-electron chi connectivity index (χ0n) is 30.4. The van der Waals surface area contributed by atoms with E-state index in [1.165, 1.54) is 167 Å². The summed E-state index contributed by atoms with van der Waals surface area (Å²) in [6.07, 6.45) is 45.4. The van der Waals surface area contributed by atoms with Gasteiger partial charge in [-0.05, 0) is 44.9 Å². The summed E-state index contributed by atoms with van der Waals surface area (Å²) in [5, 5.41) is 9.50. The first-order chi connectivity index (χ1) is 22.1. The van der Waals surface area contributed by atoms with Gasteiger partial charge in [-0.3, -0.25) is 4.79 Å². The Morgan fingerprint density at radius 3 is 1.13 bits per heavy atom. The highest BCUT2D eigenvalue weighted by atomic mass is 16.6. The predicted octanol–water partition coefficient (Wildman–Crippen LogP) is 13.8. The van der Waals surface area contributed by atoms with E-state index in [4.69, 9.17) is 4.74 Å². The maximum absolute atomic E-state index is 12.2. The summed E-state index contributed by atoms with van der Waals surface area (Å²) in [6, 6.07) is 0. The van der Waals surface area contributed by atoms with Crippen LogP contribution in [0, 0.1) is 0 Å². The molecule has 0 amide bonds. The van der Waals surface area contributed by atoms with E-state index in [2.05, 4.69) is 26.0 Å². The Labute approximate surface area is 281 Å². The van der Waals surface area contributed by atoms with E-state index in [1.54, 1.807) is 0 Å². The number of unbranched alkanes of at least 4 members (excludes halogenated alkanes) is 29. The van der Waals surface area contributed by atoms with Crippen molar-refractivity contribution in [2.24, 2.45) is 0 Å². The fourth-order valence-electron chi connectivity index (χ4n) is 6.20. The molecule has 0 aromatic carbocycles. The number of carboxylic acids is 1. The van der Waals surface area contributed by atoms with Gasteiger partial charge in [-0.25, -0.2) is 4.79 Å². The van der Waals surface area contributed by atoms with Gasteiger partial charge in [-0.15, -0.1) is 0 Å². The molecule has 45 heavy (non-hydrogen) atoms. The Kier molecular flexibility index (Phi) is 36.1. The second-order valence-corrected chi connectivity index (χ2v) is 13.8. The molecule has 0 aliphatic heterocycles. The topological polar surface area (TPSA) is 63.6 Å². The van der Waals surface area contributed by atoms with E-state index in [0.29, 0.717) is 12.8 Å². The molecule has 4 nitrogen and oxygen atoms in total. The van der Waals surface area contributed by atoms with Gasteiger partial charge in [-0.1, -0.05) is 193 Å². The molecule has 0 saturated heterocycles. The van der Waals surface area contributed by atoms with E-state index in [1.807, 2.05) is 0 Å². The maximum Gasteiger partial charge on any atom is 0.345 e. The van der Waals surface area contributed by atoms with Crippen LogP contribution in [0.2, 0.25) is 0 Å². The van der Waals surface area contributed by atoms with Crippen LogP contribution in [0.3, 0.4) is 0 Å². The van der Waals surface area contributed by atoms with Gasteiger partial charge >= 0.3 is 11.9 Å². The van der Waals surface area contributed by atoms with Gasteiger partial charge < -0.3 is 9.84 Å². The Balaban J connectivity index is 3.52. The summed E-state index contributed by atoms with van der Waals surface area (Å²) < 4.78 is 5.32. The van der Waals surface area contributed by atoms with Crippen LogP contribution in [-0.2, 0) is 14.3 Å². The van der Waals surface area contributed by atoms with Crippen molar-refractivity contribution in [3.63, 3.8) is 0 Å². The fourth-order valence-corrected chi connectivity index (χ4v) is 6.20. The average Bonchev–Trinajstić information content (AvgIpc) is 3.03. The summed E-state index contributed by atoms with van der Waals surface area (Å²) in [7, 11) is 0. The summed E-state index contributed by atoms with van der Waals surface area (Å²) >= 11 is 0. The van der Waals surface area contributed by atoms with Crippen molar-refractivity contribution in [2.75, 3.05) is 0 Å². The number of esters is 1. The van der Waals surface area contributed by atoms with Crippen LogP contribution < -0.4 is 0 Å². The number of allylic oxidation sites excluding steroid dienone is 2. The molecule has 0 rings (SSSR count). The molecule has 4 heteroatoms. The number of hydrogen-bond acceptors (Lipinski definition) is 3. The summed E-state index contributed by atoms with van der Waals surface area (Å²) in [6.45, 7) is 4.55. The summed E-state index contributed by atoms with van der Waals surface area (Å²) in [5.41, 5.74) is 0. The molecule has 1 N–H and O–H groups in total. The molecule has 0 spiro atoms. The van der Waals surface area contributed by atoms with Crippen LogP contribution in [0.15, 0.2) is 12.2 Å². The van der Waals surface area contributed by atoms with Crippen molar-refractivity contribution in [3.05, 3.63) is 12.2 Å². The second-order valence-electron chi connectivity index (χ2n) is 13.8. The third-order valence-corrected chi connectivity index (χ3v) is 9.26. The van der Waals surface area contributed by atoms with Crippen LogP contribution in [-0.4, -0.2) is 23.1 Å². The highest BCUT2D eigenvalue weighted by Gasteiger charge is 2.21. The number of aliphatic carboxylic acids is 1. The number of carboxylic acid groups (broad SMARTS) is 1. The molecule has 0 saturated carbocycles. The lowest BCUT2D eigenvalue weighted by molar-refractivity contribution is -0.164. The summed E-state index contributed by atoms with van der Waals surface area (Å²) in [4.78, 5) is 23.8. The lowest BCUT2D eigenvalue weighted by Gasteiger charge is -2.13. The van der Waals surface area contributed by atoms with E-state index in [0.717, 1.165) is 38.5 Å². The number of rotatable bonds is 37. The molecule has 0 heterocycles. The molecule has 1 unspecified atom stereocenters. The highest BCUT2D eigenvalue weighted by molar-refractivity contribution is 5.77. The normalized spacial score (nSPS) is 12.2. The van der Waals surface area contributed by atoms with Gasteiger partial charge in [0.25, 0.3) is 0 Å². The minimum atomic E-state index is -1.00. The number of ether oxygens (including phenoxy) is 1.